The summed E-state index contributed by atoms with van der Waals surface area (Å²) in [6.07, 6.45) is -0.900. The molecule has 0 spiro atoms. The summed E-state index contributed by atoms with van der Waals surface area (Å²) in [7, 11) is 0. The average molecular weight is 563 g/mol. The molecule has 0 radical (unpaired) electrons. The van der Waals surface area contributed by atoms with Gasteiger partial charge in [0, 0.05) is 39.3 Å². The van der Waals surface area contributed by atoms with E-state index in [-0.39, 0.29) is 10.0 Å². The third-order valence-electron chi connectivity index (χ3n) is 5.69. The molecule has 182 valence electrons. The minimum absolute atomic E-state index is 0.0792. The minimum atomic E-state index is -4.53. The highest BCUT2D eigenvalue weighted by molar-refractivity contribution is 8.27. The molecule has 3 aromatic carbocycles. The van der Waals surface area contributed by atoms with E-state index in [9.17, 15) is 18.0 Å². The second kappa shape index (κ2) is 9.59. The van der Waals surface area contributed by atoms with E-state index in [1.807, 2.05) is 41.1 Å². The standard InChI is InChI=1S/C26H15Cl2F3N2OS2/c27-18-9-8-15(21(28)12-18)13-32-14-16(20-6-1-2-7-22(20)32)10-23-24(34)33(25(35)36-23)19-5-3-4-17(11-19)26(29,30)31/h1-12,14H,13H2/b23-10+. The summed E-state index contributed by atoms with van der Waals surface area (Å²) >= 11 is 18.8. The van der Waals surface area contributed by atoms with Crippen molar-refractivity contribution in [2.45, 2.75) is 12.7 Å². The number of thioether (sulfide) groups is 1. The lowest BCUT2D eigenvalue weighted by Gasteiger charge is -2.16. The Balaban J connectivity index is 1.51. The van der Waals surface area contributed by atoms with Gasteiger partial charge in [-0.25, -0.2) is 0 Å². The largest absolute Gasteiger partial charge is 0.416 e. The van der Waals surface area contributed by atoms with Crippen molar-refractivity contribution in [2.24, 2.45) is 0 Å². The number of amides is 1. The van der Waals surface area contributed by atoms with Crippen LogP contribution in [-0.2, 0) is 17.5 Å². The second-order valence-corrected chi connectivity index (χ2v) is 10.5. The van der Waals surface area contributed by atoms with Gasteiger partial charge >= 0.3 is 6.18 Å². The zero-order valence-corrected chi connectivity index (χ0v) is 21.4. The van der Waals surface area contributed by atoms with Crippen LogP contribution >= 0.6 is 47.2 Å². The molecule has 1 aromatic heterocycles. The number of anilines is 1. The van der Waals surface area contributed by atoms with Crippen molar-refractivity contribution < 1.29 is 18.0 Å². The lowest BCUT2D eigenvalue weighted by atomic mass is 10.1. The van der Waals surface area contributed by atoms with Gasteiger partial charge in [-0.2, -0.15) is 13.2 Å². The Hall–Kier alpha value is -2.78. The number of thiocarbonyl (C=S) groups is 1. The molecule has 0 atom stereocenters. The lowest BCUT2D eigenvalue weighted by Crippen LogP contribution is -2.27. The molecule has 1 amide bonds. The first-order valence-corrected chi connectivity index (χ1v) is 12.6. The average Bonchev–Trinajstić information content (AvgIpc) is 3.31. The second-order valence-electron chi connectivity index (χ2n) is 8.03. The van der Waals surface area contributed by atoms with E-state index in [2.05, 4.69) is 0 Å². The van der Waals surface area contributed by atoms with Gasteiger partial charge in [-0.3, -0.25) is 9.69 Å². The van der Waals surface area contributed by atoms with Crippen LogP contribution in [0.4, 0.5) is 18.9 Å². The van der Waals surface area contributed by atoms with Crippen LogP contribution in [0.25, 0.3) is 17.0 Å². The molecule has 0 bridgehead atoms. The highest BCUT2D eigenvalue weighted by Crippen LogP contribution is 2.39. The smallest absolute Gasteiger partial charge is 0.342 e. The van der Waals surface area contributed by atoms with Crippen LogP contribution in [0.3, 0.4) is 0 Å². The van der Waals surface area contributed by atoms with E-state index in [1.54, 1.807) is 18.2 Å². The third-order valence-corrected chi connectivity index (χ3v) is 7.58. The number of halogens is 5. The van der Waals surface area contributed by atoms with Gasteiger partial charge in [0.2, 0.25) is 0 Å². The summed E-state index contributed by atoms with van der Waals surface area (Å²) in [5, 5.41) is 2.00. The fourth-order valence-electron chi connectivity index (χ4n) is 4.01. The molecule has 0 N–H and O–H groups in total. The van der Waals surface area contributed by atoms with E-state index in [0.717, 1.165) is 50.8 Å². The maximum absolute atomic E-state index is 13.2. The molecule has 4 aromatic rings. The Morgan fingerprint density at radius 3 is 2.53 bits per heavy atom. The number of carbonyl (C=O) groups excluding carboxylic acids is 1. The van der Waals surface area contributed by atoms with Crippen molar-refractivity contribution in [2.75, 3.05) is 4.90 Å². The summed E-state index contributed by atoms with van der Waals surface area (Å²) in [6, 6.07) is 17.6. The maximum Gasteiger partial charge on any atom is 0.416 e. The Morgan fingerprint density at radius 2 is 1.78 bits per heavy atom. The molecule has 2 heterocycles. The number of fused-ring (bicyclic) bond motifs is 1. The van der Waals surface area contributed by atoms with Crippen molar-refractivity contribution >= 4 is 80.1 Å². The number of rotatable bonds is 4. The summed E-state index contributed by atoms with van der Waals surface area (Å²) in [5.74, 6) is -0.470. The van der Waals surface area contributed by atoms with Crippen LogP contribution in [0.15, 0.2) is 77.8 Å². The Kier molecular flexibility index (Phi) is 6.63. The molecule has 10 heteroatoms. The van der Waals surface area contributed by atoms with E-state index < -0.39 is 17.6 Å². The number of aromatic nitrogens is 1. The summed E-state index contributed by atoms with van der Waals surface area (Å²) in [6.45, 7) is 0.482. The quantitative estimate of drug-likeness (QED) is 0.184. The molecule has 36 heavy (non-hydrogen) atoms. The Bertz CT molecular complexity index is 1560. The molecular formula is C26H15Cl2F3N2OS2. The number of nitrogens with zero attached hydrogens (tertiary/aromatic N) is 2. The molecule has 1 saturated heterocycles. The number of hydrogen-bond acceptors (Lipinski definition) is 3. The van der Waals surface area contributed by atoms with Gasteiger partial charge in [0.1, 0.15) is 0 Å². The first kappa shape index (κ1) is 24.9. The van der Waals surface area contributed by atoms with Crippen LogP contribution in [0, 0.1) is 0 Å². The van der Waals surface area contributed by atoms with E-state index in [4.69, 9.17) is 35.4 Å². The molecule has 1 fully saturated rings. The third kappa shape index (κ3) is 4.78. The Labute approximate surface area is 224 Å². The SMILES string of the molecule is O=C1/C(=C\c2cn(Cc3ccc(Cl)cc3Cl)c3ccccc23)SC(=S)N1c1cccc(C(F)(F)F)c1. The monoisotopic (exact) mass is 562 g/mol. The highest BCUT2D eigenvalue weighted by atomic mass is 35.5. The van der Waals surface area contributed by atoms with Crippen LogP contribution in [-0.4, -0.2) is 14.8 Å². The molecule has 3 nitrogen and oxygen atoms in total. The van der Waals surface area contributed by atoms with Gasteiger partial charge in [0.25, 0.3) is 5.91 Å². The minimum Gasteiger partial charge on any atom is -0.342 e. The molecule has 5 rings (SSSR count). The zero-order chi connectivity index (χ0) is 25.6. The zero-order valence-electron chi connectivity index (χ0n) is 18.2. The number of alkyl halides is 3. The molecule has 0 unspecified atom stereocenters. The van der Waals surface area contributed by atoms with Crippen molar-refractivity contribution in [3.63, 3.8) is 0 Å². The van der Waals surface area contributed by atoms with Crippen LogP contribution in [0.5, 0.6) is 0 Å². The van der Waals surface area contributed by atoms with Crippen LogP contribution in [0.1, 0.15) is 16.7 Å². The fourth-order valence-corrected chi connectivity index (χ4v) is 5.77. The summed E-state index contributed by atoms with van der Waals surface area (Å²) in [4.78, 5) is 14.7. The van der Waals surface area contributed by atoms with Gasteiger partial charge in [0.15, 0.2) is 4.32 Å². The summed E-state index contributed by atoms with van der Waals surface area (Å²) in [5.41, 5.74) is 1.82. The normalized spacial score (nSPS) is 15.5. The topological polar surface area (TPSA) is 25.2 Å². The van der Waals surface area contributed by atoms with Gasteiger partial charge in [-0.15, -0.1) is 0 Å². The van der Waals surface area contributed by atoms with E-state index >= 15 is 0 Å². The maximum atomic E-state index is 13.2. The first-order valence-electron chi connectivity index (χ1n) is 10.6. The van der Waals surface area contributed by atoms with Gasteiger partial charge in [-0.05, 0) is 48.0 Å². The Morgan fingerprint density at radius 1 is 1.00 bits per heavy atom. The van der Waals surface area contributed by atoms with Gasteiger partial charge < -0.3 is 4.57 Å². The van der Waals surface area contributed by atoms with E-state index in [0.29, 0.717) is 21.5 Å². The van der Waals surface area contributed by atoms with Crippen molar-refractivity contribution in [1.82, 2.24) is 4.57 Å². The van der Waals surface area contributed by atoms with Gasteiger partial charge in [0.05, 0.1) is 16.2 Å². The van der Waals surface area contributed by atoms with Crippen molar-refractivity contribution in [1.29, 1.82) is 0 Å². The lowest BCUT2D eigenvalue weighted by molar-refractivity contribution is -0.137. The van der Waals surface area contributed by atoms with Crippen LogP contribution in [0.2, 0.25) is 10.0 Å². The number of para-hydroxylation sites is 1. The molecule has 0 aliphatic carbocycles. The molecule has 1 aliphatic heterocycles. The predicted molar refractivity (Wildman–Crippen MR) is 145 cm³/mol. The molecule has 1 aliphatic rings. The molecule has 0 saturated carbocycles. The highest BCUT2D eigenvalue weighted by Gasteiger charge is 2.36. The predicted octanol–water partition coefficient (Wildman–Crippen LogP) is 8.42. The molecular weight excluding hydrogens is 548 g/mol. The van der Waals surface area contributed by atoms with Crippen molar-refractivity contribution in [3.05, 3.63) is 105 Å². The number of benzene rings is 3. The number of hydrogen-bond donors (Lipinski definition) is 0. The summed E-state index contributed by atoms with van der Waals surface area (Å²) < 4.78 is 41.8. The van der Waals surface area contributed by atoms with E-state index in [1.165, 1.54) is 12.1 Å². The van der Waals surface area contributed by atoms with Crippen molar-refractivity contribution in [3.8, 4) is 0 Å². The van der Waals surface area contributed by atoms with Crippen LogP contribution < -0.4 is 4.90 Å². The fraction of sp³-hybridized carbons (Fsp3) is 0.0769. The van der Waals surface area contributed by atoms with Gasteiger partial charge in [-0.1, -0.05) is 77.5 Å². The first-order chi connectivity index (χ1) is 17.1. The number of carbonyl (C=O) groups is 1.